The number of nitrogens with one attached hydrogen (secondary N) is 1. The summed E-state index contributed by atoms with van der Waals surface area (Å²) in [4.78, 5) is 30.4. The first kappa shape index (κ1) is 23.1. The first-order valence-electron chi connectivity index (χ1n) is 9.62. The summed E-state index contributed by atoms with van der Waals surface area (Å²) >= 11 is 13.5. The number of rotatable bonds is 8. The fraction of sp³-hybridized carbons (Fsp3) is 0.450. The highest BCUT2D eigenvalue weighted by Gasteiger charge is 2.24. The van der Waals surface area contributed by atoms with Crippen molar-refractivity contribution in [1.29, 1.82) is 0 Å². The third kappa shape index (κ3) is 6.99. The molecule has 1 aliphatic heterocycles. The van der Waals surface area contributed by atoms with Gasteiger partial charge >= 0.3 is 0 Å². The van der Waals surface area contributed by atoms with E-state index in [9.17, 15) is 9.59 Å². The van der Waals surface area contributed by atoms with Crippen molar-refractivity contribution in [2.75, 3.05) is 38.5 Å². The fourth-order valence-electron chi connectivity index (χ4n) is 3.30. The van der Waals surface area contributed by atoms with E-state index in [1.165, 1.54) is 18.0 Å². The molecule has 0 spiro atoms. The van der Waals surface area contributed by atoms with Gasteiger partial charge in [-0.15, -0.1) is 11.8 Å². The molecule has 1 fully saturated rings. The van der Waals surface area contributed by atoms with Crippen LogP contribution in [0.3, 0.4) is 0 Å². The molecular weight excluding hydrogens is 447 g/mol. The molecule has 0 bridgehead atoms. The summed E-state index contributed by atoms with van der Waals surface area (Å²) in [6, 6.07) is 1.63. The van der Waals surface area contributed by atoms with Crippen LogP contribution in [-0.2, 0) is 9.53 Å². The van der Waals surface area contributed by atoms with Gasteiger partial charge in [-0.05, 0) is 18.4 Å². The van der Waals surface area contributed by atoms with Crippen molar-refractivity contribution >= 4 is 46.8 Å². The van der Waals surface area contributed by atoms with Crippen LogP contribution in [-0.4, -0.2) is 66.3 Å². The Bertz CT molecular complexity index is 849. The average molecular weight is 471 g/mol. The summed E-state index contributed by atoms with van der Waals surface area (Å²) in [5, 5.41) is 4.14. The molecule has 1 aromatic heterocycles. The van der Waals surface area contributed by atoms with Crippen LogP contribution in [0.5, 0.6) is 0 Å². The molecule has 2 aliphatic rings. The van der Waals surface area contributed by atoms with Crippen LogP contribution < -0.4 is 11.1 Å². The van der Waals surface area contributed by atoms with Crippen LogP contribution in [0.15, 0.2) is 45.6 Å². The molecule has 10 heteroatoms. The van der Waals surface area contributed by atoms with E-state index < -0.39 is 5.91 Å². The molecular formula is C20H24Cl2N4O3S. The Labute approximate surface area is 190 Å². The van der Waals surface area contributed by atoms with E-state index in [1.807, 2.05) is 12.2 Å². The van der Waals surface area contributed by atoms with Crippen LogP contribution in [0.4, 0.5) is 0 Å². The summed E-state index contributed by atoms with van der Waals surface area (Å²) in [7, 11) is 0. The van der Waals surface area contributed by atoms with Gasteiger partial charge in [0, 0.05) is 43.5 Å². The molecule has 1 unspecified atom stereocenters. The van der Waals surface area contributed by atoms with Gasteiger partial charge in [-0.2, -0.15) is 0 Å². The maximum Gasteiger partial charge on any atom is 0.250 e. The van der Waals surface area contributed by atoms with Crippen LogP contribution in [0.1, 0.15) is 16.8 Å². The highest BCUT2D eigenvalue weighted by Crippen LogP contribution is 2.29. The van der Waals surface area contributed by atoms with E-state index in [2.05, 4.69) is 15.2 Å². The van der Waals surface area contributed by atoms with Crippen molar-refractivity contribution in [3.8, 4) is 0 Å². The SMILES string of the molecule is NC(=O)c1cncc(SCC(=O)NC[C@H]2CN(CC3C=C(Cl)C(Cl)=CC3)CCO2)c1. The van der Waals surface area contributed by atoms with Gasteiger partial charge in [0.05, 0.1) is 34.1 Å². The van der Waals surface area contributed by atoms with Crippen molar-refractivity contribution in [3.05, 3.63) is 46.2 Å². The van der Waals surface area contributed by atoms with Gasteiger partial charge in [0.25, 0.3) is 0 Å². The van der Waals surface area contributed by atoms with Crippen LogP contribution in [0.2, 0.25) is 0 Å². The van der Waals surface area contributed by atoms with Gasteiger partial charge in [-0.1, -0.05) is 35.4 Å². The van der Waals surface area contributed by atoms with E-state index in [0.717, 1.165) is 31.0 Å². The molecule has 0 aromatic carbocycles. The average Bonchev–Trinajstić information content (AvgIpc) is 2.74. The van der Waals surface area contributed by atoms with Crippen molar-refractivity contribution < 1.29 is 14.3 Å². The lowest BCUT2D eigenvalue weighted by Crippen LogP contribution is -2.48. The number of primary amides is 1. The second-order valence-electron chi connectivity index (χ2n) is 7.18. The number of aromatic nitrogens is 1. The molecule has 3 N–H and O–H groups in total. The minimum atomic E-state index is -0.543. The number of nitrogens with two attached hydrogens (primary N) is 1. The number of nitrogens with zero attached hydrogens (tertiary/aromatic N) is 2. The number of carbonyl (C=O) groups is 2. The lowest BCUT2D eigenvalue weighted by molar-refractivity contribution is -0.119. The lowest BCUT2D eigenvalue weighted by atomic mass is 9.99. The van der Waals surface area contributed by atoms with Gasteiger partial charge in [-0.25, -0.2) is 0 Å². The Morgan fingerprint density at radius 3 is 2.93 bits per heavy atom. The number of hydrogen-bond acceptors (Lipinski definition) is 6. The summed E-state index contributed by atoms with van der Waals surface area (Å²) in [5.41, 5.74) is 5.57. The molecule has 3 rings (SSSR count). The Morgan fingerprint density at radius 1 is 1.33 bits per heavy atom. The molecule has 7 nitrogen and oxygen atoms in total. The molecule has 1 aromatic rings. The zero-order chi connectivity index (χ0) is 21.5. The molecule has 162 valence electrons. The number of allylic oxidation sites excluding steroid dienone is 3. The minimum Gasteiger partial charge on any atom is -0.374 e. The fourth-order valence-corrected chi connectivity index (χ4v) is 4.45. The maximum atomic E-state index is 12.2. The Balaban J connectivity index is 1.39. The number of thioether (sulfide) groups is 1. The second kappa shape index (κ2) is 11.2. The van der Waals surface area contributed by atoms with Crippen molar-refractivity contribution in [3.63, 3.8) is 0 Å². The molecule has 2 heterocycles. The molecule has 30 heavy (non-hydrogen) atoms. The third-order valence-corrected chi connectivity index (χ3v) is 6.57. The van der Waals surface area contributed by atoms with Crippen molar-refractivity contribution in [1.82, 2.24) is 15.2 Å². The Kier molecular flexibility index (Phi) is 8.59. The largest absolute Gasteiger partial charge is 0.374 e. The van der Waals surface area contributed by atoms with Gasteiger partial charge in [0.15, 0.2) is 0 Å². The van der Waals surface area contributed by atoms with E-state index in [1.54, 1.807) is 12.3 Å². The predicted molar refractivity (Wildman–Crippen MR) is 119 cm³/mol. The highest BCUT2D eigenvalue weighted by atomic mass is 35.5. The number of ether oxygens (including phenoxy) is 1. The van der Waals surface area contributed by atoms with E-state index >= 15 is 0 Å². The van der Waals surface area contributed by atoms with Crippen LogP contribution in [0, 0.1) is 5.92 Å². The number of amides is 2. The molecule has 0 saturated carbocycles. The summed E-state index contributed by atoms with van der Waals surface area (Å²) in [5.74, 6) is -0.0984. The quantitative estimate of drug-likeness (QED) is 0.565. The number of carbonyl (C=O) groups excluding carboxylic acids is 2. The van der Waals surface area contributed by atoms with Crippen molar-refractivity contribution in [2.45, 2.75) is 17.4 Å². The summed E-state index contributed by atoms with van der Waals surface area (Å²) in [6.45, 7) is 3.55. The van der Waals surface area contributed by atoms with Gasteiger partial charge in [0.2, 0.25) is 11.8 Å². The van der Waals surface area contributed by atoms with Crippen molar-refractivity contribution in [2.24, 2.45) is 11.7 Å². The topological polar surface area (TPSA) is 97.6 Å². The van der Waals surface area contributed by atoms with E-state index in [4.69, 9.17) is 33.7 Å². The van der Waals surface area contributed by atoms with Gasteiger partial charge < -0.3 is 15.8 Å². The highest BCUT2D eigenvalue weighted by molar-refractivity contribution is 8.00. The normalized spacial score (nSPS) is 22.2. The first-order chi connectivity index (χ1) is 14.4. The zero-order valence-electron chi connectivity index (χ0n) is 16.4. The molecule has 2 atom stereocenters. The number of pyridine rings is 1. The second-order valence-corrected chi connectivity index (χ2v) is 9.04. The zero-order valence-corrected chi connectivity index (χ0v) is 18.7. The molecule has 1 aliphatic carbocycles. The number of halogens is 2. The molecule has 0 radical (unpaired) electrons. The maximum absolute atomic E-state index is 12.2. The third-order valence-electron chi connectivity index (χ3n) is 4.82. The molecule has 2 amide bonds. The van der Waals surface area contributed by atoms with Gasteiger partial charge in [0.1, 0.15) is 0 Å². The van der Waals surface area contributed by atoms with Gasteiger partial charge in [-0.3, -0.25) is 19.5 Å². The van der Waals surface area contributed by atoms with Crippen LogP contribution in [0.25, 0.3) is 0 Å². The van der Waals surface area contributed by atoms with Crippen LogP contribution >= 0.6 is 35.0 Å². The Morgan fingerprint density at radius 2 is 2.17 bits per heavy atom. The predicted octanol–water partition coefficient (Wildman–Crippen LogP) is 2.35. The smallest absolute Gasteiger partial charge is 0.250 e. The lowest BCUT2D eigenvalue weighted by Gasteiger charge is -2.35. The van der Waals surface area contributed by atoms with E-state index in [-0.39, 0.29) is 17.8 Å². The first-order valence-corrected chi connectivity index (χ1v) is 11.4. The summed E-state index contributed by atoms with van der Waals surface area (Å²) < 4.78 is 5.79. The standard InChI is InChI=1S/C20H24Cl2N4O3S/c21-17-2-1-13(5-18(17)22)10-26-3-4-29-15(11-26)8-25-19(27)12-30-16-6-14(20(23)28)7-24-9-16/h2,5-7,9,13,15H,1,3-4,8,10-12H2,(H2,23,28)(H,25,27)/t13?,15-/m0/s1. The van der Waals surface area contributed by atoms with E-state index in [0.29, 0.717) is 34.7 Å². The summed E-state index contributed by atoms with van der Waals surface area (Å²) in [6.07, 6.45) is 7.78. The Hall–Kier alpha value is -1.58. The number of hydrogen-bond donors (Lipinski definition) is 2. The monoisotopic (exact) mass is 470 g/mol. The minimum absolute atomic E-state index is 0.0604. The molecule has 1 saturated heterocycles. The number of morpholine rings is 1.